The Morgan fingerprint density at radius 2 is 2.00 bits per heavy atom. The molecule has 170 valence electrons. The van der Waals surface area contributed by atoms with Crippen LogP contribution in [0.25, 0.3) is 0 Å². The van der Waals surface area contributed by atoms with E-state index in [-0.39, 0.29) is 12.5 Å². The highest BCUT2D eigenvalue weighted by atomic mass is 35.5. The van der Waals surface area contributed by atoms with Gasteiger partial charge >= 0.3 is 0 Å². The maximum absolute atomic E-state index is 12.9. The summed E-state index contributed by atoms with van der Waals surface area (Å²) in [4.78, 5) is 26.9. The summed E-state index contributed by atoms with van der Waals surface area (Å²) in [5, 5.41) is 5.10. The van der Waals surface area contributed by atoms with Gasteiger partial charge in [-0.1, -0.05) is 23.2 Å². The zero-order chi connectivity index (χ0) is 22.7. The van der Waals surface area contributed by atoms with E-state index in [0.29, 0.717) is 60.0 Å². The molecule has 2 amide bonds. The minimum atomic E-state index is -0.429. The number of hydrazone groups is 1. The predicted molar refractivity (Wildman–Crippen MR) is 120 cm³/mol. The van der Waals surface area contributed by atoms with Gasteiger partial charge in [-0.25, -0.2) is 5.43 Å². The van der Waals surface area contributed by atoms with E-state index in [1.54, 1.807) is 17.0 Å². The average Bonchev–Trinajstić information content (AvgIpc) is 3.14. The summed E-state index contributed by atoms with van der Waals surface area (Å²) in [7, 11) is 0. The first-order chi connectivity index (χ1) is 15.4. The fourth-order valence-corrected chi connectivity index (χ4v) is 4.25. The van der Waals surface area contributed by atoms with Gasteiger partial charge in [0.1, 0.15) is 11.5 Å². The summed E-state index contributed by atoms with van der Waals surface area (Å²) in [5.74, 6) is 0.843. The van der Waals surface area contributed by atoms with Crippen LogP contribution in [0.3, 0.4) is 0 Å². The smallest absolute Gasteiger partial charge is 0.290 e. The van der Waals surface area contributed by atoms with Crippen molar-refractivity contribution in [1.82, 2.24) is 10.3 Å². The lowest BCUT2D eigenvalue weighted by Crippen LogP contribution is -2.40. The van der Waals surface area contributed by atoms with Gasteiger partial charge in [-0.2, -0.15) is 5.10 Å². The summed E-state index contributed by atoms with van der Waals surface area (Å²) in [5.41, 5.74) is 4.76. The van der Waals surface area contributed by atoms with E-state index in [0.717, 1.165) is 29.7 Å². The van der Waals surface area contributed by atoms with E-state index < -0.39 is 5.91 Å². The highest BCUT2D eigenvalue weighted by Crippen LogP contribution is 2.31. The van der Waals surface area contributed by atoms with Gasteiger partial charge in [0.15, 0.2) is 12.4 Å². The Hall–Kier alpha value is -2.55. The zero-order valence-corrected chi connectivity index (χ0v) is 19.1. The van der Waals surface area contributed by atoms with Crippen LogP contribution in [-0.4, -0.2) is 55.3 Å². The van der Waals surface area contributed by atoms with Crippen LogP contribution in [-0.2, 0) is 16.0 Å². The van der Waals surface area contributed by atoms with E-state index in [1.807, 2.05) is 6.92 Å². The summed E-state index contributed by atoms with van der Waals surface area (Å²) < 4.78 is 16.7. The van der Waals surface area contributed by atoms with Gasteiger partial charge < -0.3 is 18.8 Å². The number of nitrogens with zero attached hydrogens (tertiary/aromatic N) is 2. The van der Waals surface area contributed by atoms with Crippen molar-refractivity contribution >= 4 is 40.7 Å². The van der Waals surface area contributed by atoms with Crippen molar-refractivity contribution < 1.29 is 23.5 Å². The first kappa shape index (κ1) is 22.6. The molecule has 32 heavy (non-hydrogen) atoms. The fraction of sp³-hybridized carbons (Fsp3) is 0.409. The van der Waals surface area contributed by atoms with Crippen molar-refractivity contribution in [2.45, 2.75) is 26.2 Å². The standard InChI is InChI=1S/C22H23Cl2N3O5/c1-13-20-16(25-26-19(28)12-31-17-6-5-14(23)11-15(17)24)3-2-4-18(20)32-21(13)22(29)27-7-9-30-10-8-27/h5-6,11H,2-4,7-10,12H2,1H3,(H,26,28)/b25-16+. The lowest BCUT2D eigenvalue weighted by molar-refractivity contribution is -0.123. The predicted octanol–water partition coefficient (Wildman–Crippen LogP) is 3.60. The Morgan fingerprint density at radius 1 is 1.22 bits per heavy atom. The normalized spacial score (nSPS) is 17.2. The van der Waals surface area contributed by atoms with Crippen molar-refractivity contribution in [2.75, 3.05) is 32.9 Å². The molecule has 4 rings (SSSR count). The Morgan fingerprint density at radius 3 is 2.75 bits per heavy atom. The number of carbonyl (C=O) groups excluding carboxylic acids is 2. The number of carbonyl (C=O) groups is 2. The van der Waals surface area contributed by atoms with Crippen LogP contribution in [0.15, 0.2) is 27.7 Å². The van der Waals surface area contributed by atoms with Crippen LogP contribution in [0.2, 0.25) is 10.0 Å². The van der Waals surface area contributed by atoms with Crippen molar-refractivity contribution in [3.8, 4) is 5.75 Å². The molecule has 2 heterocycles. The second-order valence-electron chi connectivity index (χ2n) is 7.57. The van der Waals surface area contributed by atoms with Crippen LogP contribution in [0.1, 0.15) is 40.3 Å². The first-order valence-electron chi connectivity index (χ1n) is 10.4. The summed E-state index contributed by atoms with van der Waals surface area (Å²) in [6.45, 7) is 3.72. The lowest BCUT2D eigenvalue weighted by Gasteiger charge is -2.26. The molecule has 0 spiro atoms. The maximum Gasteiger partial charge on any atom is 0.290 e. The van der Waals surface area contributed by atoms with E-state index >= 15 is 0 Å². The molecular weight excluding hydrogens is 457 g/mol. The largest absolute Gasteiger partial charge is 0.482 e. The van der Waals surface area contributed by atoms with Gasteiger partial charge in [0, 0.05) is 35.7 Å². The maximum atomic E-state index is 12.9. The number of hydrogen-bond donors (Lipinski definition) is 1. The monoisotopic (exact) mass is 479 g/mol. The molecule has 2 aliphatic rings. The highest BCUT2D eigenvalue weighted by molar-refractivity contribution is 6.35. The van der Waals surface area contributed by atoms with Crippen molar-refractivity contribution in [3.05, 3.63) is 50.9 Å². The van der Waals surface area contributed by atoms with Crippen molar-refractivity contribution in [3.63, 3.8) is 0 Å². The molecule has 0 atom stereocenters. The second kappa shape index (κ2) is 9.94. The minimum Gasteiger partial charge on any atom is -0.482 e. The van der Waals surface area contributed by atoms with Gasteiger partial charge in [0.05, 0.1) is 23.9 Å². The minimum absolute atomic E-state index is 0.142. The molecule has 0 radical (unpaired) electrons. The lowest BCUT2D eigenvalue weighted by atomic mass is 9.93. The van der Waals surface area contributed by atoms with Gasteiger partial charge in [0.25, 0.3) is 11.8 Å². The van der Waals surface area contributed by atoms with E-state index in [1.165, 1.54) is 6.07 Å². The molecule has 1 N–H and O–H groups in total. The SMILES string of the molecule is Cc1c(C(=O)N2CCOCC2)oc2c1/C(=N/NC(=O)COc1ccc(Cl)cc1Cl)CCC2. The molecule has 10 heteroatoms. The zero-order valence-electron chi connectivity index (χ0n) is 17.6. The van der Waals surface area contributed by atoms with Crippen molar-refractivity contribution in [2.24, 2.45) is 5.10 Å². The highest BCUT2D eigenvalue weighted by Gasteiger charge is 2.30. The Bertz CT molecular complexity index is 1060. The number of furan rings is 1. The van der Waals surface area contributed by atoms with Crippen LogP contribution < -0.4 is 10.2 Å². The summed E-state index contributed by atoms with van der Waals surface area (Å²) in [6, 6.07) is 4.76. The van der Waals surface area contributed by atoms with Gasteiger partial charge in [0.2, 0.25) is 0 Å². The third-order valence-electron chi connectivity index (χ3n) is 5.39. The van der Waals surface area contributed by atoms with E-state index in [9.17, 15) is 9.59 Å². The number of morpholine rings is 1. The molecule has 1 aromatic carbocycles. The Labute approximate surface area is 195 Å². The van der Waals surface area contributed by atoms with E-state index in [4.69, 9.17) is 37.1 Å². The van der Waals surface area contributed by atoms with Crippen LogP contribution in [0.5, 0.6) is 5.75 Å². The fourth-order valence-electron chi connectivity index (χ4n) is 3.79. The average molecular weight is 480 g/mol. The van der Waals surface area contributed by atoms with Gasteiger partial charge in [-0.15, -0.1) is 0 Å². The molecule has 0 bridgehead atoms. The number of hydrogen-bond acceptors (Lipinski definition) is 6. The Balaban J connectivity index is 1.44. The van der Waals surface area contributed by atoms with Gasteiger partial charge in [-0.3, -0.25) is 9.59 Å². The molecular formula is C22H23Cl2N3O5. The number of aryl methyl sites for hydroxylation is 1. The van der Waals surface area contributed by atoms with Crippen LogP contribution in [0, 0.1) is 6.92 Å². The molecule has 2 aromatic rings. The molecule has 1 fully saturated rings. The molecule has 8 nitrogen and oxygen atoms in total. The Kier molecular flexibility index (Phi) is 7.03. The molecule has 1 aliphatic carbocycles. The third-order valence-corrected chi connectivity index (χ3v) is 5.92. The van der Waals surface area contributed by atoms with Crippen LogP contribution >= 0.6 is 23.2 Å². The number of ether oxygens (including phenoxy) is 2. The number of nitrogens with one attached hydrogen (secondary N) is 1. The number of fused-ring (bicyclic) bond motifs is 1. The second-order valence-corrected chi connectivity index (χ2v) is 8.41. The number of rotatable bonds is 5. The molecule has 1 aliphatic heterocycles. The number of halogens is 2. The molecule has 1 saturated heterocycles. The quantitative estimate of drug-likeness (QED) is 0.661. The molecule has 0 saturated carbocycles. The van der Waals surface area contributed by atoms with Crippen LogP contribution in [0.4, 0.5) is 0 Å². The summed E-state index contributed by atoms with van der Waals surface area (Å²) in [6.07, 6.45) is 2.21. The topological polar surface area (TPSA) is 93.4 Å². The van der Waals surface area contributed by atoms with E-state index in [2.05, 4.69) is 10.5 Å². The third kappa shape index (κ3) is 4.92. The number of benzene rings is 1. The van der Waals surface area contributed by atoms with Gasteiger partial charge in [-0.05, 0) is 38.0 Å². The summed E-state index contributed by atoms with van der Waals surface area (Å²) >= 11 is 11.9. The molecule has 1 aromatic heterocycles. The first-order valence-corrected chi connectivity index (χ1v) is 11.1. The molecule has 0 unspecified atom stereocenters. The van der Waals surface area contributed by atoms with Crippen molar-refractivity contribution in [1.29, 1.82) is 0 Å². The number of amides is 2.